The Morgan fingerprint density at radius 2 is 1.88 bits per heavy atom. The molecule has 3 fully saturated rings. The van der Waals surface area contributed by atoms with Gasteiger partial charge in [0.1, 0.15) is 6.04 Å². The lowest BCUT2D eigenvalue weighted by molar-refractivity contribution is -0.143. The van der Waals surface area contributed by atoms with Crippen molar-refractivity contribution in [2.24, 2.45) is 0 Å². The van der Waals surface area contributed by atoms with Crippen LogP contribution in [0.25, 0.3) is 6.08 Å². The van der Waals surface area contributed by atoms with Gasteiger partial charge in [-0.3, -0.25) is 9.59 Å². The van der Waals surface area contributed by atoms with Gasteiger partial charge in [-0.2, -0.15) is 4.72 Å². The van der Waals surface area contributed by atoms with Crippen LogP contribution in [-0.2, 0) is 19.6 Å². The third-order valence-electron chi connectivity index (χ3n) is 6.53. The highest BCUT2D eigenvalue weighted by atomic mass is 79.9. The molecule has 1 aromatic rings. The molecule has 4 rings (SSSR count). The molecule has 0 saturated carbocycles. The van der Waals surface area contributed by atoms with Gasteiger partial charge in [0.2, 0.25) is 21.8 Å². The van der Waals surface area contributed by atoms with Gasteiger partial charge in [-0.25, -0.2) is 8.42 Å². The number of halogens is 1. The minimum absolute atomic E-state index is 0.0205. The number of hydrogen-bond donors (Lipinski definition) is 1. The third-order valence-corrected chi connectivity index (χ3v) is 9.23. The monoisotopic (exact) mass is 558 g/mol. The van der Waals surface area contributed by atoms with Crippen molar-refractivity contribution in [1.82, 2.24) is 19.4 Å². The molecule has 3 aliphatic heterocycles. The molecular formula is C22H31BrN4O4S2. The number of amides is 2. The highest BCUT2D eigenvalue weighted by molar-refractivity contribution is 9.11. The first-order valence-corrected chi connectivity index (χ1v) is 14.7. The van der Waals surface area contributed by atoms with Gasteiger partial charge in [0.05, 0.1) is 10.3 Å². The predicted molar refractivity (Wildman–Crippen MR) is 133 cm³/mol. The summed E-state index contributed by atoms with van der Waals surface area (Å²) < 4.78 is 28.4. The molecule has 1 N–H and O–H groups in total. The van der Waals surface area contributed by atoms with E-state index in [-0.39, 0.29) is 24.4 Å². The maximum absolute atomic E-state index is 13.1. The van der Waals surface area contributed by atoms with Gasteiger partial charge >= 0.3 is 0 Å². The van der Waals surface area contributed by atoms with Crippen LogP contribution in [-0.4, -0.2) is 86.3 Å². The molecule has 4 heterocycles. The molecule has 0 spiro atoms. The molecule has 0 bridgehead atoms. The summed E-state index contributed by atoms with van der Waals surface area (Å²) in [5, 5.41) is 1.09. The van der Waals surface area contributed by atoms with Gasteiger partial charge in [-0.05, 0) is 85.8 Å². The maximum atomic E-state index is 13.1. The number of sulfonamides is 1. The van der Waals surface area contributed by atoms with Crippen LogP contribution in [0.4, 0.5) is 0 Å². The van der Waals surface area contributed by atoms with Crippen molar-refractivity contribution >= 4 is 55.2 Å². The SMILES string of the molecule is O=C1C(NS(=O)(=O)/C=C/c2ccc(Br)s2)CCCN1CC(=O)N1CCCC1CN1CCCC1. The van der Waals surface area contributed by atoms with Crippen molar-refractivity contribution in [1.29, 1.82) is 0 Å². The molecule has 2 amide bonds. The van der Waals surface area contributed by atoms with E-state index in [2.05, 4.69) is 25.6 Å². The fraction of sp³-hybridized carbons (Fsp3) is 0.636. The zero-order chi connectivity index (χ0) is 23.4. The Morgan fingerprint density at radius 3 is 2.61 bits per heavy atom. The fourth-order valence-corrected chi connectivity index (χ4v) is 7.32. The Balaban J connectivity index is 1.33. The number of carbonyl (C=O) groups excluding carboxylic acids is 2. The van der Waals surface area contributed by atoms with Crippen molar-refractivity contribution in [3.05, 3.63) is 26.2 Å². The lowest BCUT2D eigenvalue weighted by atomic mass is 10.1. The van der Waals surface area contributed by atoms with E-state index in [9.17, 15) is 18.0 Å². The van der Waals surface area contributed by atoms with Crippen LogP contribution in [0.1, 0.15) is 43.4 Å². The minimum atomic E-state index is -3.78. The summed E-state index contributed by atoms with van der Waals surface area (Å²) in [7, 11) is -3.78. The molecule has 3 saturated heterocycles. The van der Waals surface area contributed by atoms with Gasteiger partial charge in [0.15, 0.2) is 0 Å². The summed E-state index contributed by atoms with van der Waals surface area (Å²) in [6.45, 7) is 4.35. The van der Waals surface area contributed by atoms with E-state index in [4.69, 9.17) is 0 Å². The summed E-state index contributed by atoms with van der Waals surface area (Å²) in [6.07, 6.45) is 7.05. The molecule has 11 heteroatoms. The van der Waals surface area contributed by atoms with Crippen LogP contribution in [0.15, 0.2) is 21.3 Å². The van der Waals surface area contributed by atoms with E-state index in [0.717, 1.165) is 53.1 Å². The molecule has 0 radical (unpaired) electrons. The first-order valence-electron chi connectivity index (χ1n) is 11.6. The van der Waals surface area contributed by atoms with Crippen LogP contribution in [0, 0.1) is 0 Å². The summed E-state index contributed by atoms with van der Waals surface area (Å²) in [5.41, 5.74) is 0. The van der Waals surface area contributed by atoms with Crippen molar-refractivity contribution in [3.8, 4) is 0 Å². The highest BCUT2D eigenvalue weighted by Gasteiger charge is 2.36. The molecule has 33 heavy (non-hydrogen) atoms. The van der Waals surface area contributed by atoms with Gasteiger partial charge in [0.25, 0.3) is 0 Å². The zero-order valence-corrected chi connectivity index (χ0v) is 21.8. The smallest absolute Gasteiger partial charge is 0.242 e. The Morgan fingerprint density at radius 1 is 1.12 bits per heavy atom. The van der Waals surface area contributed by atoms with Crippen LogP contribution < -0.4 is 4.72 Å². The first kappa shape index (κ1) is 24.8. The second-order valence-corrected chi connectivity index (χ2v) is 13.0. The van der Waals surface area contributed by atoms with E-state index >= 15 is 0 Å². The van der Waals surface area contributed by atoms with E-state index in [1.807, 2.05) is 17.0 Å². The predicted octanol–water partition coefficient (Wildman–Crippen LogP) is 2.48. The molecule has 3 aliphatic rings. The number of hydrogen-bond acceptors (Lipinski definition) is 6. The van der Waals surface area contributed by atoms with Gasteiger partial charge in [-0.15, -0.1) is 11.3 Å². The van der Waals surface area contributed by atoms with E-state index in [0.29, 0.717) is 19.4 Å². The maximum Gasteiger partial charge on any atom is 0.242 e. The Kier molecular flexibility index (Phi) is 8.27. The number of piperidine rings is 1. The number of nitrogens with zero attached hydrogens (tertiary/aromatic N) is 3. The average molecular weight is 560 g/mol. The summed E-state index contributed by atoms with van der Waals surface area (Å²) in [6, 6.07) is 3.04. The first-order chi connectivity index (χ1) is 15.8. The minimum Gasteiger partial charge on any atom is -0.337 e. The molecule has 0 aliphatic carbocycles. The van der Waals surface area contributed by atoms with Crippen molar-refractivity contribution in [2.75, 3.05) is 39.3 Å². The second-order valence-electron chi connectivity index (χ2n) is 8.95. The molecule has 0 aromatic carbocycles. The van der Waals surface area contributed by atoms with Crippen LogP contribution in [0.3, 0.4) is 0 Å². The number of nitrogens with one attached hydrogen (secondary N) is 1. The Labute approximate surface area is 208 Å². The normalized spacial score (nSPS) is 24.9. The largest absolute Gasteiger partial charge is 0.337 e. The Hall–Kier alpha value is -1.27. The van der Waals surface area contributed by atoms with Crippen LogP contribution >= 0.6 is 27.3 Å². The quantitative estimate of drug-likeness (QED) is 0.529. The standard InChI is InChI=1S/C22H31BrN4O4S2/c23-20-8-7-18(32-20)9-14-33(30,31)24-19-6-4-12-26(22(19)29)16-21(28)27-13-3-5-17(27)15-25-10-1-2-11-25/h7-9,14,17,19,24H,1-6,10-13,15-16H2/b14-9+. The molecule has 182 valence electrons. The van der Waals surface area contributed by atoms with E-state index < -0.39 is 16.1 Å². The highest BCUT2D eigenvalue weighted by Crippen LogP contribution is 2.24. The molecule has 8 nitrogen and oxygen atoms in total. The molecule has 1 aromatic heterocycles. The fourth-order valence-electron chi connectivity index (χ4n) is 4.89. The van der Waals surface area contributed by atoms with Gasteiger partial charge in [-0.1, -0.05) is 0 Å². The number of likely N-dealkylation sites (tertiary alicyclic amines) is 3. The van der Waals surface area contributed by atoms with Crippen molar-refractivity contribution < 1.29 is 18.0 Å². The average Bonchev–Trinajstić information content (AvgIpc) is 3.52. The zero-order valence-electron chi connectivity index (χ0n) is 18.6. The Bertz CT molecular complexity index is 990. The summed E-state index contributed by atoms with van der Waals surface area (Å²) in [5.74, 6) is -0.350. The van der Waals surface area contributed by atoms with Crippen molar-refractivity contribution in [3.63, 3.8) is 0 Å². The molecular weight excluding hydrogens is 528 g/mol. The van der Waals surface area contributed by atoms with Crippen LogP contribution in [0.5, 0.6) is 0 Å². The molecule has 2 atom stereocenters. The lowest BCUT2D eigenvalue weighted by Crippen LogP contribution is -2.55. The van der Waals surface area contributed by atoms with Crippen molar-refractivity contribution in [2.45, 2.75) is 50.6 Å². The number of rotatable bonds is 8. The second kappa shape index (κ2) is 11.0. The van der Waals surface area contributed by atoms with Gasteiger partial charge < -0.3 is 14.7 Å². The van der Waals surface area contributed by atoms with E-state index in [1.165, 1.54) is 35.2 Å². The number of carbonyl (C=O) groups is 2. The third kappa shape index (κ3) is 6.66. The van der Waals surface area contributed by atoms with E-state index in [1.54, 1.807) is 0 Å². The van der Waals surface area contributed by atoms with Gasteiger partial charge in [0, 0.05) is 36.0 Å². The topological polar surface area (TPSA) is 90.0 Å². The molecule has 2 unspecified atom stereocenters. The number of thiophene rings is 1. The summed E-state index contributed by atoms with van der Waals surface area (Å²) in [4.78, 5) is 32.7. The lowest BCUT2D eigenvalue weighted by Gasteiger charge is -2.34. The summed E-state index contributed by atoms with van der Waals surface area (Å²) >= 11 is 4.77. The van der Waals surface area contributed by atoms with Crippen LogP contribution in [0.2, 0.25) is 0 Å².